The van der Waals surface area contributed by atoms with Gasteiger partial charge in [0.15, 0.2) is 6.61 Å². The molecule has 29 heavy (non-hydrogen) atoms. The summed E-state index contributed by atoms with van der Waals surface area (Å²) in [6, 6.07) is 5.43. The fourth-order valence-electron chi connectivity index (χ4n) is 2.87. The summed E-state index contributed by atoms with van der Waals surface area (Å²) in [5.41, 5.74) is 1.03. The van der Waals surface area contributed by atoms with E-state index in [1.165, 1.54) is 30.5 Å². The van der Waals surface area contributed by atoms with Gasteiger partial charge in [-0.1, -0.05) is 0 Å². The van der Waals surface area contributed by atoms with Gasteiger partial charge < -0.3 is 19.7 Å². The summed E-state index contributed by atoms with van der Waals surface area (Å²) in [6.07, 6.45) is 1.92. The molecular formula is C20H23FN4O4. The van der Waals surface area contributed by atoms with Crippen molar-refractivity contribution in [1.82, 2.24) is 20.2 Å². The van der Waals surface area contributed by atoms with Crippen molar-refractivity contribution in [2.45, 2.75) is 13.3 Å². The second-order valence-electron chi connectivity index (χ2n) is 6.52. The Labute approximate surface area is 168 Å². The lowest BCUT2D eigenvalue weighted by molar-refractivity contribution is -0.123. The van der Waals surface area contributed by atoms with Crippen molar-refractivity contribution in [3.05, 3.63) is 53.4 Å². The normalized spacial score (nSPS) is 13.8. The van der Waals surface area contributed by atoms with Gasteiger partial charge in [-0.05, 0) is 31.2 Å². The highest BCUT2D eigenvalue weighted by atomic mass is 19.1. The zero-order valence-electron chi connectivity index (χ0n) is 16.2. The van der Waals surface area contributed by atoms with Crippen LogP contribution in [0, 0.1) is 12.7 Å². The molecule has 9 heteroatoms. The SMILES string of the molecule is Cc1ncc(C(=O)N2CCOCC2)c(CCNC(=O)COc2ccc(F)cc2)n1. The van der Waals surface area contributed by atoms with E-state index in [-0.39, 0.29) is 24.2 Å². The van der Waals surface area contributed by atoms with Crippen LogP contribution in [-0.2, 0) is 16.0 Å². The van der Waals surface area contributed by atoms with Crippen LogP contribution in [0.1, 0.15) is 21.9 Å². The summed E-state index contributed by atoms with van der Waals surface area (Å²) in [4.78, 5) is 35.0. The Balaban J connectivity index is 1.52. The monoisotopic (exact) mass is 402 g/mol. The number of hydrogen-bond donors (Lipinski definition) is 1. The molecule has 1 aromatic heterocycles. The summed E-state index contributed by atoms with van der Waals surface area (Å²) in [5.74, 6) is 0.149. The molecule has 154 valence electrons. The molecule has 1 N–H and O–H groups in total. The van der Waals surface area contributed by atoms with Crippen molar-refractivity contribution in [2.75, 3.05) is 39.5 Å². The number of nitrogens with zero attached hydrogens (tertiary/aromatic N) is 3. The van der Waals surface area contributed by atoms with Gasteiger partial charge in [0.25, 0.3) is 11.8 Å². The molecule has 0 aliphatic carbocycles. The van der Waals surface area contributed by atoms with Crippen molar-refractivity contribution < 1.29 is 23.5 Å². The lowest BCUT2D eigenvalue weighted by Crippen LogP contribution is -2.41. The third kappa shape index (κ3) is 5.95. The van der Waals surface area contributed by atoms with Gasteiger partial charge in [-0.15, -0.1) is 0 Å². The van der Waals surface area contributed by atoms with Crippen LogP contribution in [0.2, 0.25) is 0 Å². The number of morpholine rings is 1. The topological polar surface area (TPSA) is 93.7 Å². The van der Waals surface area contributed by atoms with Crippen molar-refractivity contribution in [1.29, 1.82) is 0 Å². The quantitative estimate of drug-likeness (QED) is 0.746. The standard InChI is InChI=1S/C20H23FN4O4/c1-14-23-12-17(20(27)25-8-10-28-11-9-25)18(24-14)6-7-22-19(26)13-29-16-4-2-15(21)3-5-16/h2-5,12H,6-11,13H2,1H3,(H,22,26). The maximum atomic E-state index is 12.9. The summed E-state index contributed by atoms with van der Waals surface area (Å²) >= 11 is 0. The van der Waals surface area contributed by atoms with Gasteiger partial charge in [-0.25, -0.2) is 14.4 Å². The minimum absolute atomic E-state index is 0.130. The van der Waals surface area contributed by atoms with Crippen LogP contribution in [0.5, 0.6) is 5.75 Å². The first-order chi connectivity index (χ1) is 14.0. The van der Waals surface area contributed by atoms with E-state index in [0.717, 1.165) is 0 Å². The molecule has 0 atom stereocenters. The van der Waals surface area contributed by atoms with Gasteiger partial charge >= 0.3 is 0 Å². The van der Waals surface area contributed by atoms with Crippen molar-refractivity contribution >= 4 is 11.8 Å². The van der Waals surface area contributed by atoms with E-state index in [9.17, 15) is 14.0 Å². The molecule has 1 fully saturated rings. The molecule has 8 nitrogen and oxygen atoms in total. The van der Waals surface area contributed by atoms with E-state index in [2.05, 4.69) is 15.3 Å². The predicted octanol–water partition coefficient (Wildman–Crippen LogP) is 1.13. The van der Waals surface area contributed by atoms with E-state index < -0.39 is 0 Å². The number of halogens is 1. The van der Waals surface area contributed by atoms with E-state index in [1.807, 2.05) is 0 Å². The molecule has 0 saturated carbocycles. The van der Waals surface area contributed by atoms with Crippen LogP contribution in [0.3, 0.4) is 0 Å². The molecule has 0 bridgehead atoms. The minimum atomic E-state index is -0.371. The van der Waals surface area contributed by atoms with Crippen molar-refractivity contribution in [2.24, 2.45) is 0 Å². The first-order valence-electron chi connectivity index (χ1n) is 9.37. The van der Waals surface area contributed by atoms with Crippen LogP contribution < -0.4 is 10.1 Å². The Morgan fingerprint density at radius 1 is 1.24 bits per heavy atom. The summed E-state index contributed by atoms with van der Waals surface area (Å²) in [7, 11) is 0. The number of amides is 2. The highest BCUT2D eigenvalue weighted by Gasteiger charge is 2.22. The van der Waals surface area contributed by atoms with Crippen LogP contribution in [0.25, 0.3) is 0 Å². The van der Waals surface area contributed by atoms with Crippen LogP contribution in [0.15, 0.2) is 30.5 Å². The average molecular weight is 402 g/mol. The number of ether oxygens (including phenoxy) is 2. The molecule has 0 unspecified atom stereocenters. The van der Waals surface area contributed by atoms with E-state index in [4.69, 9.17) is 9.47 Å². The zero-order valence-corrected chi connectivity index (χ0v) is 16.2. The van der Waals surface area contributed by atoms with Gasteiger partial charge in [0.05, 0.1) is 24.5 Å². The lowest BCUT2D eigenvalue weighted by Gasteiger charge is -2.27. The predicted molar refractivity (Wildman–Crippen MR) is 102 cm³/mol. The molecule has 1 aliphatic heterocycles. The smallest absolute Gasteiger partial charge is 0.257 e. The molecule has 2 heterocycles. The number of carbonyl (C=O) groups is 2. The van der Waals surface area contributed by atoms with Crippen LogP contribution in [0.4, 0.5) is 4.39 Å². The van der Waals surface area contributed by atoms with Gasteiger partial charge in [0.1, 0.15) is 17.4 Å². The Bertz CT molecular complexity index is 854. The zero-order chi connectivity index (χ0) is 20.6. The molecule has 3 rings (SSSR count). The molecule has 1 saturated heterocycles. The van der Waals surface area contributed by atoms with Gasteiger partial charge in [0.2, 0.25) is 0 Å². The number of aryl methyl sites for hydroxylation is 1. The Morgan fingerprint density at radius 2 is 1.97 bits per heavy atom. The molecule has 1 aromatic carbocycles. The number of benzene rings is 1. The molecule has 2 amide bonds. The number of rotatable bonds is 7. The average Bonchev–Trinajstić information content (AvgIpc) is 2.74. The highest BCUT2D eigenvalue weighted by Crippen LogP contribution is 2.12. The minimum Gasteiger partial charge on any atom is -0.484 e. The first kappa shape index (κ1) is 20.7. The van der Waals surface area contributed by atoms with Gasteiger partial charge in [-0.2, -0.15) is 0 Å². The Morgan fingerprint density at radius 3 is 2.69 bits per heavy atom. The van der Waals surface area contributed by atoms with Gasteiger partial charge in [-0.3, -0.25) is 9.59 Å². The van der Waals surface area contributed by atoms with E-state index >= 15 is 0 Å². The number of carbonyl (C=O) groups excluding carboxylic acids is 2. The van der Waals surface area contributed by atoms with Crippen molar-refractivity contribution in [3.8, 4) is 5.75 Å². The highest BCUT2D eigenvalue weighted by molar-refractivity contribution is 5.95. The fraction of sp³-hybridized carbons (Fsp3) is 0.400. The number of hydrogen-bond acceptors (Lipinski definition) is 6. The Kier molecular flexibility index (Phi) is 7.07. The van der Waals surface area contributed by atoms with Crippen LogP contribution in [-0.4, -0.2) is 66.1 Å². The lowest BCUT2D eigenvalue weighted by atomic mass is 10.1. The molecule has 0 radical (unpaired) electrons. The maximum Gasteiger partial charge on any atom is 0.257 e. The molecule has 0 spiro atoms. The van der Waals surface area contributed by atoms with E-state index in [0.29, 0.717) is 62.1 Å². The molecular weight excluding hydrogens is 379 g/mol. The van der Waals surface area contributed by atoms with Crippen molar-refractivity contribution in [3.63, 3.8) is 0 Å². The molecule has 2 aromatic rings. The van der Waals surface area contributed by atoms with E-state index in [1.54, 1.807) is 11.8 Å². The summed E-state index contributed by atoms with van der Waals surface area (Å²) in [5, 5.41) is 2.73. The third-order valence-corrected chi connectivity index (χ3v) is 4.38. The number of nitrogens with one attached hydrogen (secondary N) is 1. The second kappa shape index (κ2) is 9.92. The number of aromatic nitrogens is 2. The van der Waals surface area contributed by atoms with Crippen LogP contribution >= 0.6 is 0 Å². The summed E-state index contributed by atoms with van der Waals surface area (Å²) < 4.78 is 23.5. The maximum absolute atomic E-state index is 12.9. The Hall–Kier alpha value is -3.07. The third-order valence-electron chi connectivity index (χ3n) is 4.38. The first-order valence-corrected chi connectivity index (χ1v) is 9.37. The molecule has 1 aliphatic rings. The largest absolute Gasteiger partial charge is 0.484 e. The fourth-order valence-corrected chi connectivity index (χ4v) is 2.87. The van der Waals surface area contributed by atoms with Gasteiger partial charge in [0, 0.05) is 32.3 Å². The summed E-state index contributed by atoms with van der Waals surface area (Å²) in [6.45, 7) is 3.95. The second-order valence-corrected chi connectivity index (χ2v) is 6.52.